The Morgan fingerprint density at radius 3 is 2.30 bits per heavy atom. The SMILES string of the molecule is CCNC(=NCC1(O)CCCCC1)NCC(OC)C(C)(C)C.I. The molecule has 5 nitrogen and oxygen atoms in total. The van der Waals surface area contributed by atoms with Gasteiger partial charge in [-0.05, 0) is 25.2 Å². The summed E-state index contributed by atoms with van der Waals surface area (Å²) in [5.41, 5.74) is -0.550. The molecule has 3 N–H and O–H groups in total. The van der Waals surface area contributed by atoms with E-state index in [0.29, 0.717) is 13.1 Å². The number of ether oxygens (including phenoxy) is 1. The van der Waals surface area contributed by atoms with Crippen LogP contribution >= 0.6 is 24.0 Å². The zero-order valence-electron chi connectivity index (χ0n) is 15.4. The van der Waals surface area contributed by atoms with Crippen LogP contribution in [-0.2, 0) is 4.74 Å². The molecule has 1 aliphatic rings. The second-order valence-electron chi connectivity index (χ2n) is 7.45. The van der Waals surface area contributed by atoms with E-state index in [4.69, 9.17) is 4.74 Å². The van der Waals surface area contributed by atoms with Crippen LogP contribution in [0.25, 0.3) is 0 Å². The molecule has 0 aromatic carbocycles. The summed E-state index contributed by atoms with van der Waals surface area (Å²) in [5.74, 6) is 0.757. The van der Waals surface area contributed by atoms with E-state index in [1.807, 2.05) is 6.92 Å². The Kier molecular flexibility index (Phi) is 10.7. The van der Waals surface area contributed by atoms with Crippen molar-refractivity contribution in [1.29, 1.82) is 0 Å². The number of halogens is 1. The zero-order chi connectivity index (χ0) is 16.6. The number of nitrogens with one attached hydrogen (secondary N) is 2. The van der Waals surface area contributed by atoms with E-state index in [1.54, 1.807) is 7.11 Å². The van der Waals surface area contributed by atoms with Crippen LogP contribution in [0.5, 0.6) is 0 Å². The third-order valence-corrected chi connectivity index (χ3v) is 4.37. The summed E-state index contributed by atoms with van der Waals surface area (Å²) in [6.07, 6.45) is 5.26. The fourth-order valence-electron chi connectivity index (χ4n) is 2.87. The molecule has 0 aromatic heterocycles. The van der Waals surface area contributed by atoms with Gasteiger partial charge in [-0.2, -0.15) is 0 Å². The maximum absolute atomic E-state index is 10.6. The first kappa shape index (κ1) is 22.9. The largest absolute Gasteiger partial charge is 0.388 e. The third-order valence-electron chi connectivity index (χ3n) is 4.37. The van der Waals surface area contributed by atoms with Gasteiger partial charge in [0, 0.05) is 20.2 Å². The molecular weight excluding hydrogens is 405 g/mol. The highest BCUT2D eigenvalue weighted by atomic mass is 127. The molecule has 1 rings (SSSR count). The van der Waals surface area contributed by atoms with Crippen LogP contribution in [0.3, 0.4) is 0 Å². The molecule has 0 radical (unpaired) electrons. The van der Waals surface area contributed by atoms with Crippen molar-refractivity contribution in [2.24, 2.45) is 10.4 Å². The van der Waals surface area contributed by atoms with Gasteiger partial charge in [-0.25, -0.2) is 0 Å². The smallest absolute Gasteiger partial charge is 0.191 e. The van der Waals surface area contributed by atoms with Gasteiger partial charge in [0.1, 0.15) is 0 Å². The minimum absolute atomic E-state index is 0. The number of nitrogens with zero attached hydrogens (tertiary/aromatic N) is 1. The van der Waals surface area contributed by atoms with Gasteiger partial charge >= 0.3 is 0 Å². The molecule has 0 amide bonds. The third kappa shape index (κ3) is 8.54. The Labute approximate surface area is 159 Å². The first-order valence-electron chi connectivity index (χ1n) is 8.58. The number of methoxy groups -OCH3 is 1. The number of hydrogen-bond donors (Lipinski definition) is 3. The minimum Gasteiger partial charge on any atom is -0.388 e. The summed E-state index contributed by atoms with van der Waals surface area (Å²) in [7, 11) is 1.74. The van der Waals surface area contributed by atoms with E-state index in [0.717, 1.165) is 38.2 Å². The van der Waals surface area contributed by atoms with Gasteiger partial charge in [0.15, 0.2) is 5.96 Å². The molecule has 0 saturated heterocycles. The monoisotopic (exact) mass is 441 g/mol. The normalized spacial score (nSPS) is 19.7. The van der Waals surface area contributed by atoms with E-state index in [1.165, 1.54) is 6.42 Å². The second kappa shape index (κ2) is 10.7. The number of aliphatic hydroxyl groups is 1. The van der Waals surface area contributed by atoms with Crippen molar-refractivity contribution in [1.82, 2.24) is 10.6 Å². The minimum atomic E-state index is -0.620. The topological polar surface area (TPSA) is 65.9 Å². The van der Waals surface area contributed by atoms with Crippen LogP contribution in [-0.4, -0.2) is 49.5 Å². The summed E-state index contributed by atoms with van der Waals surface area (Å²) >= 11 is 0. The molecule has 0 spiro atoms. The molecule has 6 heteroatoms. The van der Waals surface area contributed by atoms with Gasteiger partial charge in [-0.15, -0.1) is 24.0 Å². The maximum Gasteiger partial charge on any atom is 0.191 e. The summed E-state index contributed by atoms with van der Waals surface area (Å²) in [6.45, 7) is 10.5. The molecule has 1 atom stereocenters. The number of guanidine groups is 1. The van der Waals surface area contributed by atoms with Gasteiger partial charge in [0.05, 0.1) is 18.2 Å². The van der Waals surface area contributed by atoms with E-state index >= 15 is 0 Å². The fraction of sp³-hybridized carbons (Fsp3) is 0.941. The lowest BCUT2D eigenvalue weighted by Gasteiger charge is -2.31. The number of hydrogen-bond acceptors (Lipinski definition) is 3. The number of aliphatic imine (C=N–C) groups is 1. The van der Waals surface area contributed by atoms with E-state index in [2.05, 4.69) is 36.4 Å². The Balaban J connectivity index is 0.00000484. The van der Waals surface area contributed by atoms with Crippen LogP contribution in [0.4, 0.5) is 0 Å². The van der Waals surface area contributed by atoms with Gasteiger partial charge in [0.2, 0.25) is 0 Å². The molecule has 0 heterocycles. The summed E-state index contributed by atoms with van der Waals surface area (Å²) in [6, 6.07) is 0. The predicted molar refractivity (Wildman–Crippen MR) is 108 cm³/mol. The number of rotatable bonds is 6. The summed E-state index contributed by atoms with van der Waals surface area (Å²) in [5, 5.41) is 17.1. The first-order valence-corrected chi connectivity index (χ1v) is 8.58. The van der Waals surface area contributed by atoms with E-state index < -0.39 is 5.60 Å². The Bertz CT molecular complexity index is 350. The predicted octanol–water partition coefficient (Wildman–Crippen LogP) is 2.92. The summed E-state index contributed by atoms with van der Waals surface area (Å²) < 4.78 is 5.56. The Hall–Kier alpha value is -0.0800. The lowest BCUT2D eigenvalue weighted by atomic mass is 9.85. The van der Waals surface area contributed by atoms with Crippen LogP contribution in [0, 0.1) is 5.41 Å². The molecule has 0 aromatic rings. The van der Waals surface area contributed by atoms with Gasteiger partial charge in [-0.3, -0.25) is 4.99 Å². The lowest BCUT2D eigenvalue weighted by molar-refractivity contribution is 0.0127. The van der Waals surface area contributed by atoms with Crippen molar-refractivity contribution in [2.75, 3.05) is 26.7 Å². The van der Waals surface area contributed by atoms with Crippen molar-refractivity contribution in [3.05, 3.63) is 0 Å². The molecule has 1 fully saturated rings. The van der Waals surface area contributed by atoms with Crippen molar-refractivity contribution in [3.8, 4) is 0 Å². The van der Waals surface area contributed by atoms with Crippen LogP contribution < -0.4 is 10.6 Å². The van der Waals surface area contributed by atoms with Crippen LogP contribution in [0.15, 0.2) is 4.99 Å². The van der Waals surface area contributed by atoms with Crippen molar-refractivity contribution >= 4 is 29.9 Å². The molecule has 23 heavy (non-hydrogen) atoms. The average molecular weight is 441 g/mol. The van der Waals surface area contributed by atoms with Gasteiger partial charge < -0.3 is 20.5 Å². The van der Waals surface area contributed by atoms with Crippen LogP contribution in [0.2, 0.25) is 0 Å². The molecule has 1 aliphatic carbocycles. The van der Waals surface area contributed by atoms with Crippen LogP contribution in [0.1, 0.15) is 59.8 Å². The molecule has 1 saturated carbocycles. The zero-order valence-corrected chi connectivity index (χ0v) is 17.8. The Morgan fingerprint density at radius 1 is 1.22 bits per heavy atom. The standard InChI is InChI=1S/C17H35N3O2.HI/c1-6-18-15(19-12-14(22-5)16(2,3)4)20-13-17(21)10-8-7-9-11-17;/h14,21H,6-13H2,1-5H3,(H2,18,19,20);1H. The molecular formula is C17H36IN3O2. The Morgan fingerprint density at radius 2 is 1.83 bits per heavy atom. The maximum atomic E-state index is 10.6. The average Bonchev–Trinajstić information content (AvgIpc) is 2.44. The quantitative estimate of drug-likeness (QED) is 0.337. The highest BCUT2D eigenvalue weighted by Gasteiger charge is 2.29. The fourth-order valence-corrected chi connectivity index (χ4v) is 2.87. The highest BCUT2D eigenvalue weighted by molar-refractivity contribution is 14.0. The van der Waals surface area contributed by atoms with E-state index in [-0.39, 0.29) is 35.5 Å². The second-order valence-corrected chi connectivity index (χ2v) is 7.45. The van der Waals surface area contributed by atoms with E-state index in [9.17, 15) is 5.11 Å². The molecule has 138 valence electrons. The lowest BCUT2D eigenvalue weighted by Crippen LogP contribution is -2.46. The summed E-state index contributed by atoms with van der Waals surface area (Å²) in [4.78, 5) is 4.59. The first-order chi connectivity index (χ1) is 10.3. The van der Waals surface area contributed by atoms with Gasteiger partial charge in [-0.1, -0.05) is 40.0 Å². The molecule has 0 bridgehead atoms. The molecule has 0 aliphatic heterocycles. The van der Waals surface area contributed by atoms with Crippen molar-refractivity contribution in [3.63, 3.8) is 0 Å². The van der Waals surface area contributed by atoms with Crippen molar-refractivity contribution in [2.45, 2.75) is 71.5 Å². The van der Waals surface area contributed by atoms with Gasteiger partial charge in [0.25, 0.3) is 0 Å². The highest BCUT2D eigenvalue weighted by Crippen LogP contribution is 2.28. The molecule has 1 unspecified atom stereocenters. The van der Waals surface area contributed by atoms with Crippen molar-refractivity contribution < 1.29 is 9.84 Å².